The Balaban J connectivity index is 0.00000134. The summed E-state index contributed by atoms with van der Waals surface area (Å²) in [5.74, 6) is 1.74. The summed E-state index contributed by atoms with van der Waals surface area (Å²) < 4.78 is 5.34. The van der Waals surface area contributed by atoms with Crippen molar-refractivity contribution in [2.75, 3.05) is 20.2 Å². The van der Waals surface area contributed by atoms with Crippen molar-refractivity contribution in [2.45, 2.75) is 59.9 Å². The van der Waals surface area contributed by atoms with Gasteiger partial charge in [-0.3, -0.25) is 4.79 Å². The van der Waals surface area contributed by atoms with Crippen LogP contribution in [0.3, 0.4) is 0 Å². The molecule has 1 aromatic carbocycles. The number of nitrogens with zero attached hydrogens (tertiary/aromatic N) is 3. The van der Waals surface area contributed by atoms with Crippen LogP contribution in [0.4, 0.5) is 0 Å². The molecule has 0 spiro atoms. The van der Waals surface area contributed by atoms with E-state index in [0.29, 0.717) is 23.9 Å². The van der Waals surface area contributed by atoms with Gasteiger partial charge in [0.1, 0.15) is 17.3 Å². The molecule has 0 bridgehead atoms. The average molecular weight is 533 g/mol. The highest BCUT2D eigenvalue weighted by atomic mass is 16.5. The quantitative estimate of drug-likeness (QED) is 0.464. The van der Waals surface area contributed by atoms with E-state index in [1.807, 2.05) is 56.1 Å². The van der Waals surface area contributed by atoms with Gasteiger partial charge in [-0.05, 0) is 88.3 Å². The Hall–Kier alpha value is -3.94. The lowest BCUT2D eigenvalue weighted by Crippen LogP contribution is -2.46. The van der Waals surface area contributed by atoms with E-state index in [1.54, 1.807) is 19.4 Å². The molecule has 1 amide bonds. The maximum Gasteiger partial charge on any atom is 0.227 e. The largest absolute Gasteiger partial charge is 0.497 e. The van der Waals surface area contributed by atoms with E-state index in [2.05, 4.69) is 35.3 Å². The Kier molecular flexibility index (Phi) is 10.0. The number of amides is 1. The van der Waals surface area contributed by atoms with Crippen LogP contribution >= 0.6 is 0 Å². The molecule has 5 N–H and O–H groups in total. The fraction of sp³-hybridized carbons (Fsp3) is 0.419. The standard InChI is InChI=1S/C28H38N6O2.C3H6/c1-17-6-7-23(36-5)15-22(17)16-25(35)33-11-8-21(9-12-33)20(4)34-13-10-31-28(30)27(34)26(29)24-14-18(2)19(3)32-24;1-3-2/h6-7,10,13-15,20-21,32H,8-9,11-12,16,29H2,1-5H3,(H2,30,31);3H,1H2,2H3/b27-26-;. The van der Waals surface area contributed by atoms with Gasteiger partial charge in [-0.2, -0.15) is 0 Å². The summed E-state index contributed by atoms with van der Waals surface area (Å²) in [7, 11) is 1.65. The molecule has 1 aromatic heterocycles. The highest BCUT2D eigenvalue weighted by molar-refractivity contribution is 6.03. The monoisotopic (exact) mass is 532 g/mol. The summed E-state index contributed by atoms with van der Waals surface area (Å²) >= 11 is 0. The molecule has 2 aliphatic rings. The number of allylic oxidation sites excluding steroid dienone is 1. The zero-order valence-corrected chi connectivity index (χ0v) is 24.3. The molecule has 210 valence electrons. The fourth-order valence-corrected chi connectivity index (χ4v) is 5.10. The second kappa shape index (κ2) is 13.2. The summed E-state index contributed by atoms with van der Waals surface area (Å²) in [6.07, 6.45) is 7.65. The summed E-state index contributed by atoms with van der Waals surface area (Å²) in [6.45, 7) is 15.0. The molecule has 3 heterocycles. The third-order valence-corrected chi connectivity index (χ3v) is 7.67. The molecule has 4 rings (SSSR count). The number of aryl methyl sites for hydroxylation is 3. The Morgan fingerprint density at radius 1 is 1.23 bits per heavy atom. The number of aromatic nitrogens is 1. The highest BCUT2D eigenvalue weighted by Crippen LogP contribution is 2.31. The minimum atomic E-state index is 0.152. The number of likely N-dealkylation sites (tertiary alicyclic amines) is 1. The molecular weight excluding hydrogens is 488 g/mol. The predicted molar refractivity (Wildman–Crippen MR) is 160 cm³/mol. The number of carbonyl (C=O) groups is 1. The predicted octanol–water partition coefficient (Wildman–Crippen LogP) is 4.78. The number of rotatable bonds is 6. The summed E-state index contributed by atoms with van der Waals surface area (Å²) in [4.78, 5) is 24.9. The lowest BCUT2D eigenvalue weighted by molar-refractivity contribution is -0.132. The molecule has 8 nitrogen and oxygen atoms in total. The Labute approximate surface area is 233 Å². The second-order valence-corrected chi connectivity index (χ2v) is 10.3. The number of aromatic amines is 1. The van der Waals surface area contributed by atoms with Crippen LogP contribution in [0.2, 0.25) is 0 Å². The molecular formula is C31H44N6O2. The Morgan fingerprint density at radius 2 is 1.90 bits per heavy atom. The van der Waals surface area contributed by atoms with Gasteiger partial charge >= 0.3 is 0 Å². The van der Waals surface area contributed by atoms with E-state index in [4.69, 9.17) is 16.2 Å². The average Bonchev–Trinajstić information content (AvgIpc) is 3.27. The maximum atomic E-state index is 13.1. The number of methoxy groups -OCH3 is 1. The summed E-state index contributed by atoms with van der Waals surface area (Å²) in [5.41, 5.74) is 19.5. The Bertz CT molecular complexity index is 1240. The van der Waals surface area contributed by atoms with Crippen LogP contribution in [0.15, 0.2) is 60.0 Å². The number of piperidine rings is 1. The highest BCUT2D eigenvalue weighted by Gasteiger charge is 2.32. The number of aliphatic imine (C=N–C) groups is 1. The number of hydrogen-bond acceptors (Lipinski definition) is 6. The lowest BCUT2D eigenvalue weighted by atomic mass is 9.88. The Morgan fingerprint density at radius 3 is 2.49 bits per heavy atom. The minimum absolute atomic E-state index is 0.152. The molecule has 39 heavy (non-hydrogen) atoms. The minimum Gasteiger partial charge on any atom is -0.497 e. The van der Waals surface area contributed by atoms with Crippen LogP contribution in [0.5, 0.6) is 5.75 Å². The number of H-pyrrole nitrogens is 1. The molecule has 0 radical (unpaired) electrons. The van der Waals surface area contributed by atoms with Crippen LogP contribution in [-0.2, 0) is 11.2 Å². The van der Waals surface area contributed by atoms with E-state index in [9.17, 15) is 4.79 Å². The topological polar surface area (TPSA) is 113 Å². The van der Waals surface area contributed by atoms with Crippen LogP contribution in [0.25, 0.3) is 5.70 Å². The van der Waals surface area contributed by atoms with E-state index in [1.165, 1.54) is 0 Å². The molecule has 1 unspecified atom stereocenters. The zero-order valence-electron chi connectivity index (χ0n) is 24.3. The van der Waals surface area contributed by atoms with Crippen molar-refractivity contribution in [3.63, 3.8) is 0 Å². The van der Waals surface area contributed by atoms with Crippen molar-refractivity contribution in [2.24, 2.45) is 22.4 Å². The van der Waals surface area contributed by atoms with Crippen molar-refractivity contribution >= 4 is 17.4 Å². The van der Waals surface area contributed by atoms with E-state index < -0.39 is 0 Å². The number of hydrogen-bond donors (Lipinski definition) is 3. The molecule has 0 aliphatic carbocycles. The number of nitrogens with one attached hydrogen (secondary N) is 1. The molecule has 2 aromatic rings. The summed E-state index contributed by atoms with van der Waals surface area (Å²) in [6, 6.07) is 8.08. The van der Waals surface area contributed by atoms with Crippen LogP contribution in [0.1, 0.15) is 54.8 Å². The molecule has 8 heteroatoms. The summed E-state index contributed by atoms with van der Waals surface area (Å²) in [5, 5.41) is 0. The lowest BCUT2D eigenvalue weighted by Gasteiger charge is -2.41. The van der Waals surface area contributed by atoms with Gasteiger partial charge in [-0.25, -0.2) is 4.99 Å². The van der Waals surface area contributed by atoms with Gasteiger partial charge in [-0.1, -0.05) is 12.1 Å². The first kappa shape index (κ1) is 29.6. The fourth-order valence-electron chi connectivity index (χ4n) is 5.10. The van der Waals surface area contributed by atoms with Crippen molar-refractivity contribution in [1.29, 1.82) is 0 Å². The zero-order chi connectivity index (χ0) is 28.7. The smallest absolute Gasteiger partial charge is 0.227 e. The second-order valence-electron chi connectivity index (χ2n) is 10.3. The maximum absolute atomic E-state index is 13.1. The molecule has 1 saturated heterocycles. The number of ether oxygens (including phenoxy) is 1. The third-order valence-electron chi connectivity index (χ3n) is 7.67. The molecule has 1 fully saturated rings. The molecule has 1 atom stereocenters. The first-order valence-corrected chi connectivity index (χ1v) is 13.5. The van der Waals surface area contributed by atoms with Crippen LogP contribution in [0, 0.1) is 26.7 Å². The van der Waals surface area contributed by atoms with Gasteiger partial charge in [-0.15, -0.1) is 6.58 Å². The SMILES string of the molecule is C=CC.COc1ccc(C)c(CC(=O)N2CCC(C(C)N3C=CN=C(N)/C3=C(/N)c3cc(C)c(C)[nH]3)CC2)c1. The molecule has 2 aliphatic heterocycles. The van der Waals surface area contributed by atoms with Gasteiger partial charge in [0, 0.05) is 37.2 Å². The van der Waals surface area contributed by atoms with Gasteiger partial charge < -0.3 is 31.0 Å². The van der Waals surface area contributed by atoms with Crippen molar-refractivity contribution in [3.05, 3.63) is 83.1 Å². The molecule has 0 saturated carbocycles. The number of amidine groups is 1. The number of nitrogens with two attached hydrogens (primary N) is 2. The van der Waals surface area contributed by atoms with E-state index >= 15 is 0 Å². The number of carbonyl (C=O) groups excluding carboxylic acids is 1. The normalized spacial score (nSPS) is 17.6. The van der Waals surface area contributed by atoms with E-state index in [-0.39, 0.29) is 11.9 Å². The first-order valence-electron chi connectivity index (χ1n) is 13.5. The number of benzene rings is 1. The van der Waals surface area contributed by atoms with Crippen molar-refractivity contribution < 1.29 is 9.53 Å². The van der Waals surface area contributed by atoms with Crippen LogP contribution < -0.4 is 16.2 Å². The van der Waals surface area contributed by atoms with Gasteiger partial charge in [0.15, 0.2) is 0 Å². The van der Waals surface area contributed by atoms with Gasteiger partial charge in [0.05, 0.1) is 24.9 Å². The third kappa shape index (κ3) is 6.93. The van der Waals surface area contributed by atoms with Crippen molar-refractivity contribution in [3.8, 4) is 5.75 Å². The van der Waals surface area contributed by atoms with Gasteiger partial charge in [0.25, 0.3) is 0 Å². The van der Waals surface area contributed by atoms with Crippen LogP contribution in [-0.4, -0.2) is 52.8 Å². The van der Waals surface area contributed by atoms with E-state index in [0.717, 1.165) is 65.5 Å². The van der Waals surface area contributed by atoms with Crippen molar-refractivity contribution in [1.82, 2.24) is 14.8 Å². The van der Waals surface area contributed by atoms with Gasteiger partial charge in [0.2, 0.25) is 5.91 Å². The first-order chi connectivity index (χ1) is 18.6.